The molecule has 0 bridgehead atoms. The molecule has 0 spiro atoms. The topological polar surface area (TPSA) is 60.4 Å². The van der Waals surface area contributed by atoms with Crippen LogP contribution in [-0.4, -0.2) is 32.5 Å². The molecule has 1 saturated carbocycles. The molecule has 0 aromatic heterocycles. The van der Waals surface area contributed by atoms with E-state index < -0.39 is 15.8 Å². The zero-order valence-electron chi connectivity index (χ0n) is 12.4. The van der Waals surface area contributed by atoms with Crippen LogP contribution in [0.2, 0.25) is 0 Å². The minimum absolute atomic E-state index is 0.103. The number of esters is 1. The summed E-state index contributed by atoms with van der Waals surface area (Å²) in [6, 6.07) is 7.04. The van der Waals surface area contributed by atoms with Gasteiger partial charge in [0.2, 0.25) is 0 Å². The van der Waals surface area contributed by atoms with Gasteiger partial charge >= 0.3 is 5.97 Å². The van der Waals surface area contributed by atoms with E-state index in [2.05, 4.69) is 0 Å². The second-order valence-electron chi connectivity index (χ2n) is 5.53. The van der Waals surface area contributed by atoms with Crippen molar-refractivity contribution in [2.45, 2.75) is 43.8 Å². The van der Waals surface area contributed by atoms with Gasteiger partial charge in [-0.2, -0.15) is 0 Å². The molecule has 1 fully saturated rings. The molecule has 4 nitrogen and oxygen atoms in total. The third-order valence-electron chi connectivity index (χ3n) is 4.14. The van der Waals surface area contributed by atoms with Crippen molar-refractivity contribution < 1.29 is 17.9 Å². The first-order valence-electron chi connectivity index (χ1n) is 7.42. The van der Waals surface area contributed by atoms with Gasteiger partial charge in [-0.3, -0.25) is 0 Å². The number of carbonyl (C=O) groups excluding carboxylic acids is 1. The highest BCUT2D eigenvalue weighted by Crippen LogP contribution is 2.25. The largest absolute Gasteiger partial charge is 0.465 e. The number of rotatable bonds is 5. The van der Waals surface area contributed by atoms with Crippen molar-refractivity contribution in [2.75, 3.05) is 12.9 Å². The van der Waals surface area contributed by atoms with Gasteiger partial charge in [0.1, 0.15) is 0 Å². The van der Waals surface area contributed by atoms with Gasteiger partial charge < -0.3 is 4.74 Å². The average molecular weight is 310 g/mol. The highest BCUT2D eigenvalue weighted by atomic mass is 32.2. The third kappa shape index (κ3) is 4.06. The number of ether oxygens (including phenoxy) is 1. The molecular formula is C16H22O4S. The van der Waals surface area contributed by atoms with E-state index in [4.69, 9.17) is 4.74 Å². The van der Waals surface area contributed by atoms with E-state index in [-0.39, 0.29) is 11.0 Å². The molecule has 1 aliphatic carbocycles. The standard InChI is InChI=1S/C16H22O4S/c1-20-16(17)15-10-6-5-7-13(15)11-12-21(18,19)14-8-3-2-4-9-14/h5-7,10,14H,2-4,8-9,11-12H2,1H3. The molecule has 1 aromatic carbocycles. The first kappa shape index (κ1) is 16.0. The fourth-order valence-corrected chi connectivity index (χ4v) is 4.78. The van der Waals surface area contributed by atoms with Crippen molar-refractivity contribution >= 4 is 15.8 Å². The Hall–Kier alpha value is -1.36. The van der Waals surface area contributed by atoms with Crippen molar-refractivity contribution in [3.63, 3.8) is 0 Å². The van der Waals surface area contributed by atoms with Gasteiger partial charge in [-0.1, -0.05) is 37.5 Å². The zero-order chi connectivity index (χ0) is 15.3. The van der Waals surface area contributed by atoms with Crippen LogP contribution in [0.4, 0.5) is 0 Å². The van der Waals surface area contributed by atoms with Gasteiger partial charge in [-0.15, -0.1) is 0 Å². The SMILES string of the molecule is COC(=O)c1ccccc1CCS(=O)(=O)C1CCCCC1. The van der Waals surface area contributed by atoms with Gasteiger partial charge in [-0.05, 0) is 30.9 Å². The predicted octanol–water partition coefficient (Wildman–Crippen LogP) is 2.76. The number of methoxy groups -OCH3 is 1. The summed E-state index contributed by atoms with van der Waals surface area (Å²) in [6.07, 6.45) is 5.06. The number of hydrogen-bond donors (Lipinski definition) is 0. The lowest BCUT2D eigenvalue weighted by atomic mass is 10.0. The van der Waals surface area contributed by atoms with Crippen LogP contribution in [0.1, 0.15) is 48.0 Å². The smallest absolute Gasteiger partial charge is 0.338 e. The summed E-state index contributed by atoms with van der Waals surface area (Å²) in [5.41, 5.74) is 1.20. The number of aryl methyl sites for hydroxylation is 1. The van der Waals surface area contributed by atoms with Crippen LogP contribution >= 0.6 is 0 Å². The van der Waals surface area contributed by atoms with Crippen molar-refractivity contribution in [1.29, 1.82) is 0 Å². The fourth-order valence-electron chi connectivity index (χ4n) is 2.89. The maximum Gasteiger partial charge on any atom is 0.338 e. The lowest BCUT2D eigenvalue weighted by Gasteiger charge is -2.21. The maximum atomic E-state index is 12.4. The van der Waals surface area contributed by atoms with Crippen LogP contribution < -0.4 is 0 Å². The third-order valence-corrected chi connectivity index (χ3v) is 6.40. The summed E-state index contributed by atoms with van der Waals surface area (Å²) in [5.74, 6) is -0.313. The molecule has 0 atom stereocenters. The number of sulfone groups is 1. The van der Waals surface area contributed by atoms with E-state index in [0.717, 1.165) is 37.7 Å². The van der Waals surface area contributed by atoms with Crippen molar-refractivity contribution in [1.82, 2.24) is 0 Å². The number of benzene rings is 1. The van der Waals surface area contributed by atoms with Crippen LogP contribution in [0.15, 0.2) is 24.3 Å². The van der Waals surface area contributed by atoms with E-state index >= 15 is 0 Å². The van der Waals surface area contributed by atoms with E-state index in [1.54, 1.807) is 18.2 Å². The Labute approximate surface area is 126 Å². The predicted molar refractivity (Wildman–Crippen MR) is 82.1 cm³/mol. The van der Waals surface area contributed by atoms with Gasteiger partial charge in [0.15, 0.2) is 9.84 Å². The average Bonchev–Trinajstić information content (AvgIpc) is 2.53. The van der Waals surface area contributed by atoms with Crippen LogP contribution in [0, 0.1) is 0 Å². The normalized spacial score (nSPS) is 16.6. The van der Waals surface area contributed by atoms with Crippen LogP contribution in [0.25, 0.3) is 0 Å². The molecule has 0 amide bonds. The summed E-state index contributed by atoms with van der Waals surface area (Å²) in [7, 11) is -1.75. The fraction of sp³-hybridized carbons (Fsp3) is 0.562. The Bertz CT molecular complexity index is 586. The Balaban J connectivity index is 2.07. The summed E-state index contributed by atoms with van der Waals surface area (Å²) in [6.45, 7) is 0. The molecule has 1 aromatic rings. The molecule has 116 valence electrons. The Kier molecular flexibility index (Phi) is 5.39. The highest BCUT2D eigenvalue weighted by Gasteiger charge is 2.27. The first-order valence-corrected chi connectivity index (χ1v) is 9.14. The van der Waals surface area contributed by atoms with E-state index in [9.17, 15) is 13.2 Å². The molecule has 0 radical (unpaired) electrons. The molecule has 0 saturated heterocycles. The quantitative estimate of drug-likeness (QED) is 0.785. The van der Waals surface area contributed by atoms with Crippen molar-refractivity contribution in [3.05, 3.63) is 35.4 Å². The molecule has 5 heteroatoms. The maximum absolute atomic E-state index is 12.4. The van der Waals surface area contributed by atoms with Gasteiger partial charge in [0, 0.05) is 0 Å². The molecule has 0 unspecified atom stereocenters. The Morgan fingerprint density at radius 2 is 1.86 bits per heavy atom. The molecule has 2 rings (SSSR count). The van der Waals surface area contributed by atoms with Gasteiger partial charge in [-0.25, -0.2) is 13.2 Å². The lowest BCUT2D eigenvalue weighted by Crippen LogP contribution is -2.27. The monoisotopic (exact) mass is 310 g/mol. The Morgan fingerprint density at radius 1 is 1.19 bits per heavy atom. The van der Waals surface area contributed by atoms with Crippen molar-refractivity contribution in [2.24, 2.45) is 0 Å². The summed E-state index contributed by atoms with van der Waals surface area (Å²) in [4.78, 5) is 11.7. The summed E-state index contributed by atoms with van der Waals surface area (Å²) >= 11 is 0. The first-order chi connectivity index (χ1) is 10.0. The molecule has 0 aliphatic heterocycles. The second-order valence-corrected chi connectivity index (χ2v) is 7.93. The van der Waals surface area contributed by atoms with Crippen LogP contribution in [-0.2, 0) is 21.0 Å². The van der Waals surface area contributed by atoms with E-state index in [1.165, 1.54) is 7.11 Å². The van der Waals surface area contributed by atoms with Gasteiger partial charge in [0.05, 0.1) is 23.7 Å². The second kappa shape index (κ2) is 7.07. The highest BCUT2D eigenvalue weighted by molar-refractivity contribution is 7.92. The van der Waals surface area contributed by atoms with Crippen molar-refractivity contribution in [3.8, 4) is 0 Å². The number of carbonyl (C=O) groups is 1. The van der Waals surface area contributed by atoms with Crippen LogP contribution in [0.3, 0.4) is 0 Å². The summed E-state index contributed by atoms with van der Waals surface area (Å²) < 4.78 is 29.5. The summed E-state index contributed by atoms with van der Waals surface area (Å²) in [5, 5.41) is -0.198. The van der Waals surface area contributed by atoms with Gasteiger partial charge in [0.25, 0.3) is 0 Å². The molecule has 0 N–H and O–H groups in total. The molecule has 21 heavy (non-hydrogen) atoms. The molecular weight excluding hydrogens is 288 g/mol. The van der Waals surface area contributed by atoms with Crippen LogP contribution in [0.5, 0.6) is 0 Å². The minimum Gasteiger partial charge on any atom is -0.465 e. The molecule has 1 aliphatic rings. The number of hydrogen-bond acceptors (Lipinski definition) is 4. The molecule has 0 heterocycles. The van der Waals surface area contributed by atoms with E-state index in [0.29, 0.717) is 12.0 Å². The minimum atomic E-state index is -3.08. The lowest BCUT2D eigenvalue weighted by molar-refractivity contribution is 0.0599. The zero-order valence-corrected chi connectivity index (χ0v) is 13.2. The van der Waals surface area contributed by atoms with E-state index in [1.807, 2.05) is 6.07 Å². The Morgan fingerprint density at radius 3 is 2.52 bits per heavy atom.